The monoisotopic (exact) mass is 524 g/mol. The lowest BCUT2D eigenvalue weighted by Crippen LogP contribution is -2.33. The predicted octanol–water partition coefficient (Wildman–Crippen LogP) is 2.70. The molecule has 0 saturated carbocycles. The molecule has 0 saturated heterocycles. The number of nitrogens with zero attached hydrogens (tertiary/aromatic N) is 1. The van der Waals surface area contributed by atoms with Crippen molar-refractivity contribution in [1.29, 1.82) is 0 Å². The second kappa shape index (κ2) is 10.3. The van der Waals surface area contributed by atoms with Gasteiger partial charge in [-0.2, -0.15) is 0 Å². The molecule has 0 atom stereocenters. The van der Waals surface area contributed by atoms with Gasteiger partial charge >= 0.3 is 0 Å². The van der Waals surface area contributed by atoms with Gasteiger partial charge in [-0.15, -0.1) is 0 Å². The van der Waals surface area contributed by atoms with Crippen LogP contribution in [0.4, 0.5) is 5.69 Å². The Morgan fingerprint density at radius 3 is 2.11 bits per heavy atom. The van der Waals surface area contributed by atoms with Gasteiger partial charge in [0.05, 0.1) is 11.4 Å². The highest BCUT2D eigenvalue weighted by Gasteiger charge is 2.37. The molecule has 4 rings (SSSR count). The SMILES string of the molecule is NS(=O)(=O)c1ccc(NC(=O)c2ccc(CNC3=C(Cl)C(=O)N(Cc4ccccc4)C3=O)cc2)cc1. The van der Waals surface area contributed by atoms with Crippen LogP contribution in [-0.4, -0.2) is 31.0 Å². The van der Waals surface area contributed by atoms with Crippen LogP contribution in [0.2, 0.25) is 0 Å². The van der Waals surface area contributed by atoms with Gasteiger partial charge < -0.3 is 10.6 Å². The summed E-state index contributed by atoms with van der Waals surface area (Å²) in [7, 11) is -3.82. The van der Waals surface area contributed by atoms with Gasteiger partial charge in [0.2, 0.25) is 10.0 Å². The molecule has 0 aliphatic carbocycles. The van der Waals surface area contributed by atoms with Crippen molar-refractivity contribution in [3.63, 3.8) is 0 Å². The Kier molecular flexibility index (Phi) is 7.20. The zero-order chi connectivity index (χ0) is 25.9. The number of nitrogens with two attached hydrogens (primary N) is 1. The van der Waals surface area contributed by atoms with E-state index in [1.807, 2.05) is 30.3 Å². The van der Waals surface area contributed by atoms with Gasteiger partial charge in [-0.1, -0.05) is 54.1 Å². The number of hydrogen-bond donors (Lipinski definition) is 3. The Bertz CT molecular complexity index is 1450. The minimum Gasteiger partial charge on any atom is -0.375 e. The summed E-state index contributed by atoms with van der Waals surface area (Å²) in [5.74, 6) is -1.45. The Balaban J connectivity index is 1.35. The fourth-order valence-electron chi connectivity index (χ4n) is 3.50. The number of sulfonamides is 1. The Hall–Kier alpha value is -3.99. The number of nitrogens with one attached hydrogen (secondary N) is 2. The fourth-order valence-corrected chi connectivity index (χ4v) is 4.27. The summed E-state index contributed by atoms with van der Waals surface area (Å²) < 4.78 is 22.7. The molecule has 1 aliphatic rings. The van der Waals surface area contributed by atoms with E-state index in [0.717, 1.165) is 16.0 Å². The van der Waals surface area contributed by atoms with Crippen molar-refractivity contribution in [2.45, 2.75) is 18.0 Å². The van der Waals surface area contributed by atoms with E-state index in [4.69, 9.17) is 16.7 Å². The topological polar surface area (TPSA) is 139 Å². The van der Waals surface area contributed by atoms with Crippen LogP contribution < -0.4 is 15.8 Å². The molecule has 0 spiro atoms. The highest BCUT2D eigenvalue weighted by molar-refractivity contribution is 7.89. The third-order valence-corrected chi connectivity index (χ3v) is 6.70. The molecule has 9 nitrogen and oxygen atoms in total. The van der Waals surface area contributed by atoms with E-state index >= 15 is 0 Å². The minimum atomic E-state index is -3.82. The quantitative estimate of drug-likeness (QED) is 0.387. The van der Waals surface area contributed by atoms with E-state index in [0.29, 0.717) is 11.3 Å². The van der Waals surface area contributed by atoms with Crippen molar-refractivity contribution >= 4 is 45.0 Å². The molecule has 3 aromatic carbocycles. The van der Waals surface area contributed by atoms with Crippen LogP contribution in [0, 0.1) is 0 Å². The molecule has 11 heteroatoms. The third kappa shape index (κ3) is 5.62. The highest BCUT2D eigenvalue weighted by atomic mass is 35.5. The fraction of sp³-hybridized carbons (Fsp3) is 0.0800. The number of imide groups is 1. The second-order valence-corrected chi connectivity index (χ2v) is 9.88. The first-order valence-electron chi connectivity index (χ1n) is 10.7. The van der Waals surface area contributed by atoms with Gasteiger partial charge in [0.25, 0.3) is 17.7 Å². The summed E-state index contributed by atoms with van der Waals surface area (Å²) in [5.41, 5.74) is 2.36. The number of primary sulfonamides is 1. The van der Waals surface area contributed by atoms with Crippen LogP contribution in [-0.2, 0) is 32.7 Å². The number of benzene rings is 3. The summed E-state index contributed by atoms with van der Waals surface area (Å²) >= 11 is 6.14. The molecule has 1 heterocycles. The van der Waals surface area contributed by atoms with Crippen LogP contribution >= 0.6 is 11.6 Å². The molecule has 1 aliphatic heterocycles. The number of carbonyl (C=O) groups is 3. The molecule has 36 heavy (non-hydrogen) atoms. The minimum absolute atomic E-state index is 0.0300. The molecule has 3 amide bonds. The number of amides is 3. The Morgan fingerprint density at radius 2 is 1.50 bits per heavy atom. The standard InChI is InChI=1S/C25H21ClN4O5S/c26-21-22(25(33)30(24(21)32)15-17-4-2-1-3-5-17)28-14-16-6-8-18(9-7-16)23(31)29-19-10-12-20(13-11-19)36(27,34)35/h1-13,28H,14-15H2,(H,29,31)(H2,27,34,35). The van der Waals surface area contributed by atoms with Crippen LogP contribution in [0.5, 0.6) is 0 Å². The van der Waals surface area contributed by atoms with E-state index in [1.54, 1.807) is 24.3 Å². The van der Waals surface area contributed by atoms with Crippen molar-refractivity contribution < 1.29 is 22.8 Å². The summed E-state index contributed by atoms with van der Waals surface area (Å²) in [6.45, 7) is 0.329. The van der Waals surface area contributed by atoms with Gasteiger partial charge in [-0.05, 0) is 47.5 Å². The summed E-state index contributed by atoms with van der Waals surface area (Å²) in [6.07, 6.45) is 0. The number of carbonyl (C=O) groups excluding carboxylic acids is 3. The van der Waals surface area contributed by atoms with Gasteiger partial charge in [0.15, 0.2) is 0 Å². The van der Waals surface area contributed by atoms with E-state index in [2.05, 4.69) is 10.6 Å². The summed E-state index contributed by atoms with van der Waals surface area (Å²) in [4.78, 5) is 38.8. The van der Waals surface area contributed by atoms with Gasteiger partial charge in [0, 0.05) is 17.8 Å². The average Bonchev–Trinajstić information content (AvgIpc) is 3.06. The van der Waals surface area contributed by atoms with E-state index in [9.17, 15) is 22.8 Å². The smallest absolute Gasteiger partial charge is 0.278 e. The second-order valence-electron chi connectivity index (χ2n) is 7.95. The molecule has 0 unspecified atom stereocenters. The van der Waals surface area contributed by atoms with Crippen LogP contribution in [0.1, 0.15) is 21.5 Å². The molecule has 184 valence electrons. The predicted molar refractivity (Wildman–Crippen MR) is 134 cm³/mol. The van der Waals surface area contributed by atoms with E-state index in [-0.39, 0.29) is 28.7 Å². The molecule has 0 fully saturated rings. The summed E-state index contributed by atoms with van der Waals surface area (Å²) in [6, 6.07) is 21.2. The van der Waals surface area contributed by atoms with Gasteiger partial charge in [0.1, 0.15) is 10.7 Å². The number of rotatable bonds is 8. The maximum Gasteiger partial charge on any atom is 0.278 e. The number of halogens is 1. The molecular weight excluding hydrogens is 504 g/mol. The maximum absolute atomic E-state index is 12.8. The molecule has 0 aromatic heterocycles. The molecule has 4 N–H and O–H groups in total. The lowest BCUT2D eigenvalue weighted by molar-refractivity contribution is -0.138. The third-order valence-electron chi connectivity index (χ3n) is 5.42. The molecule has 3 aromatic rings. The lowest BCUT2D eigenvalue weighted by Gasteiger charge is -2.15. The van der Waals surface area contributed by atoms with Crippen molar-refractivity contribution in [2.24, 2.45) is 5.14 Å². The molecule has 0 bridgehead atoms. The van der Waals surface area contributed by atoms with Crippen molar-refractivity contribution in [3.8, 4) is 0 Å². The maximum atomic E-state index is 12.8. The van der Waals surface area contributed by atoms with E-state index < -0.39 is 27.7 Å². The van der Waals surface area contributed by atoms with E-state index in [1.165, 1.54) is 24.3 Å². The Morgan fingerprint density at radius 1 is 0.861 bits per heavy atom. The first kappa shape index (κ1) is 25.1. The van der Waals surface area contributed by atoms with Crippen molar-refractivity contribution in [3.05, 3.63) is 106 Å². The first-order chi connectivity index (χ1) is 17.1. The number of anilines is 1. The average molecular weight is 525 g/mol. The molecule has 0 radical (unpaired) electrons. The Labute approximate surface area is 212 Å². The van der Waals surface area contributed by atoms with Crippen LogP contribution in [0.15, 0.2) is 94.5 Å². The number of hydrogen-bond acceptors (Lipinski definition) is 6. The van der Waals surface area contributed by atoms with Crippen molar-refractivity contribution in [1.82, 2.24) is 10.2 Å². The summed E-state index contributed by atoms with van der Waals surface area (Å²) in [5, 5.41) is 10.5. The van der Waals surface area contributed by atoms with Crippen LogP contribution in [0.3, 0.4) is 0 Å². The van der Waals surface area contributed by atoms with Gasteiger partial charge in [-0.25, -0.2) is 13.6 Å². The lowest BCUT2D eigenvalue weighted by atomic mass is 10.1. The van der Waals surface area contributed by atoms with Gasteiger partial charge in [-0.3, -0.25) is 19.3 Å². The first-order valence-corrected chi connectivity index (χ1v) is 12.6. The largest absolute Gasteiger partial charge is 0.375 e. The normalized spacial score (nSPS) is 13.8. The zero-order valence-corrected chi connectivity index (χ0v) is 20.3. The van der Waals surface area contributed by atoms with Crippen LogP contribution in [0.25, 0.3) is 0 Å². The zero-order valence-electron chi connectivity index (χ0n) is 18.8. The highest BCUT2D eigenvalue weighted by Crippen LogP contribution is 2.24. The van der Waals surface area contributed by atoms with Crippen molar-refractivity contribution in [2.75, 3.05) is 5.32 Å². The molecular formula is C25H21ClN4O5S.